The lowest BCUT2D eigenvalue weighted by Gasteiger charge is -2.41. The Bertz CT molecular complexity index is 461. The zero-order valence-corrected chi connectivity index (χ0v) is 17.1. The van der Waals surface area contributed by atoms with Gasteiger partial charge in [-0.15, -0.1) is 0 Å². The highest BCUT2D eigenvalue weighted by atomic mass is 16.5. The van der Waals surface area contributed by atoms with Crippen LogP contribution in [0.4, 0.5) is 0 Å². The van der Waals surface area contributed by atoms with Gasteiger partial charge in [0.25, 0.3) is 0 Å². The fourth-order valence-corrected chi connectivity index (χ4v) is 3.89. The van der Waals surface area contributed by atoms with Crippen LogP contribution in [0.25, 0.3) is 0 Å². The molecule has 1 atom stereocenters. The molecule has 2 aliphatic rings. The van der Waals surface area contributed by atoms with Crippen LogP contribution in [-0.2, 0) is 14.3 Å². The van der Waals surface area contributed by atoms with Gasteiger partial charge in [-0.3, -0.25) is 19.4 Å². The maximum Gasteiger partial charge on any atom is 0.240 e. The van der Waals surface area contributed by atoms with Crippen molar-refractivity contribution in [1.82, 2.24) is 19.6 Å². The summed E-state index contributed by atoms with van der Waals surface area (Å²) in [5, 5.41) is 0. The molecule has 0 bridgehead atoms. The first-order chi connectivity index (χ1) is 12.3. The zero-order valence-electron chi connectivity index (χ0n) is 17.1. The lowest BCUT2D eigenvalue weighted by Crippen LogP contribution is -2.58. The standard InChI is InChI=1S/C19H36N4O3/c1-15(2)23(16(3)4)19(25)17(5)21-6-8-22(9-7-21)18(24)14-20-10-12-26-13-11-20/h15-17H,6-14H2,1-5H3. The number of hydrogen-bond donors (Lipinski definition) is 0. The minimum absolute atomic E-state index is 0.142. The summed E-state index contributed by atoms with van der Waals surface area (Å²) in [6.45, 7) is 16.7. The molecular formula is C19H36N4O3. The highest BCUT2D eigenvalue weighted by molar-refractivity contribution is 5.82. The molecule has 7 nitrogen and oxygen atoms in total. The number of carbonyl (C=O) groups excluding carboxylic acids is 2. The molecule has 0 aromatic carbocycles. The Morgan fingerprint density at radius 2 is 1.42 bits per heavy atom. The van der Waals surface area contributed by atoms with E-state index in [2.05, 4.69) is 37.5 Å². The summed E-state index contributed by atoms with van der Waals surface area (Å²) in [5.41, 5.74) is 0. The molecule has 2 amide bonds. The smallest absolute Gasteiger partial charge is 0.240 e. The molecule has 26 heavy (non-hydrogen) atoms. The SMILES string of the molecule is CC(C(=O)N(C(C)C)C(C)C)N1CCN(C(=O)CN2CCOCC2)CC1. The van der Waals surface area contributed by atoms with Gasteiger partial charge in [0, 0.05) is 51.4 Å². The molecule has 0 radical (unpaired) electrons. The number of amides is 2. The van der Waals surface area contributed by atoms with E-state index in [1.165, 1.54) is 0 Å². The van der Waals surface area contributed by atoms with E-state index in [0.717, 1.165) is 26.2 Å². The van der Waals surface area contributed by atoms with Gasteiger partial charge >= 0.3 is 0 Å². The first-order valence-corrected chi connectivity index (χ1v) is 9.95. The minimum atomic E-state index is -0.142. The van der Waals surface area contributed by atoms with E-state index >= 15 is 0 Å². The molecule has 2 fully saturated rings. The van der Waals surface area contributed by atoms with E-state index in [1.54, 1.807) is 0 Å². The first-order valence-electron chi connectivity index (χ1n) is 9.95. The van der Waals surface area contributed by atoms with Crippen LogP contribution in [0.3, 0.4) is 0 Å². The van der Waals surface area contributed by atoms with Crippen LogP contribution in [0, 0.1) is 0 Å². The van der Waals surface area contributed by atoms with Crippen molar-refractivity contribution in [1.29, 1.82) is 0 Å². The summed E-state index contributed by atoms with van der Waals surface area (Å²) in [4.78, 5) is 33.7. The fourth-order valence-electron chi connectivity index (χ4n) is 3.89. The van der Waals surface area contributed by atoms with Gasteiger partial charge in [0.05, 0.1) is 25.8 Å². The molecule has 0 aromatic rings. The quantitative estimate of drug-likeness (QED) is 0.683. The van der Waals surface area contributed by atoms with Crippen molar-refractivity contribution in [3.8, 4) is 0 Å². The Morgan fingerprint density at radius 3 is 1.92 bits per heavy atom. The second kappa shape index (κ2) is 9.67. The third-order valence-corrected chi connectivity index (χ3v) is 5.40. The molecule has 2 aliphatic heterocycles. The molecule has 0 N–H and O–H groups in total. The fraction of sp³-hybridized carbons (Fsp3) is 0.895. The number of piperazine rings is 1. The largest absolute Gasteiger partial charge is 0.379 e. The molecule has 7 heteroatoms. The van der Waals surface area contributed by atoms with Crippen molar-refractivity contribution < 1.29 is 14.3 Å². The summed E-state index contributed by atoms with van der Waals surface area (Å²) in [6, 6.07) is 0.249. The highest BCUT2D eigenvalue weighted by Gasteiger charge is 2.32. The monoisotopic (exact) mass is 368 g/mol. The molecule has 1 unspecified atom stereocenters. The van der Waals surface area contributed by atoms with Gasteiger partial charge in [0.2, 0.25) is 11.8 Å². The lowest BCUT2D eigenvalue weighted by atomic mass is 10.1. The number of morpholine rings is 1. The van der Waals surface area contributed by atoms with Crippen molar-refractivity contribution in [3.63, 3.8) is 0 Å². The second-order valence-electron chi connectivity index (χ2n) is 7.91. The minimum Gasteiger partial charge on any atom is -0.379 e. The molecule has 0 aliphatic carbocycles. The molecule has 0 spiro atoms. The van der Waals surface area contributed by atoms with E-state index in [-0.39, 0.29) is 29.9 Å². The van der Waals surface area contributed by atoms with Crippen molar-refractivity contribution >= 4 is 11.8 Å². The van der Waals surface area contributed by atoms with Gasteiger partial charge in [0.1, 0.15) is 0 Å². The average molecular weight is 369 g/mol. The van der Waals surface area contributed by atoms with Crippen molar-refractivity contribution in [3.05, 3.63) is 0 Å². The zero-order chi connectivity index (χ0) is 19.3. The Kier molecular flexibility index (Phi) is 7.85. The van der Waals surface area contributed by atoms with Gasteiger partial charge in [-0.2, -0.15) is 0 Å². The normalized spacial score (nSPS) is 21.3. The van der Waals surface area contributed by atoms with Crippen LogP contribution in [0.1, 0.15) is 34.6 Å². The second-order valence-corrected chi connectivity index (χ2v) is 7.91. The van der Waals surface area contributed by atoms with E-state index in [0.29, 0.717) is 32.8 Å². The van der Waals surface area contributed by atoms with Gasteiger partial charge in [-0.1, -0.05) is 0 Å². The Hall–Kier alpha value is -1.18. The van der Waals surface area contributed by atoms with Crippen LogP contribution >= 0.6 is 0 Å². The number of rotatable bonds is 6. The summed E-state index contributed by atoms with van der Waals surface area (Å²) in [7, 11) is 0. The van der Waals surface area contributed by atoms with Crippen LogP contribution < -0.4 is 0 Å². The molecular weight excluding hydrogens is 332 g/mol. The summed E-state index contributed by atoms with van der Waals surface area (Å²) >= 11 is 0. The number of hydrogen-bond acceptors (Lipinski definition) is 5. The lowest BCUT2D eigenvalue weighted by molar-refractivity contribution is -0.142. The Morgan fingerprint density at radius 1 is 0.885 bits per heavy atom. The topological polar surface area (TPSA) is 56.3 Å². The van der Waals surface area contributed by atoms with Crippen molar-refractivity contribution in [2.45, 2.75) is 52.7 Å². The predicted molar refractivity (Wildman–Crippen MR) is 102 cm³/mol. The van der Waals surface area contributed by atoms with Crippen molar-refractivity contribution in [2.75, 3.05) is 59.0 Å². The third-order valence-electron chi connectivity index (χ3n) is 5.40. The van der Waals surface area contributed by atoms with Gasteiger partial charge in [-0.05, 0) is 34.6 Å². The van der Waals surface area contributed by atoms with Crippen LogP contribution in [0.2, 0.25) is 0 Å². The summed E-state index contributed by atoms with van der Waals surface area (Å²) in [5.74, 6) is 0.375. The maximum atomic E-state index is 12.9. The average Bonchev–Trinajstić information content (AvgIpc) is 2.61. The number of ether oxygens (including phenoxy) is 1. The van der Waals surface area contributed by atoms with Crippen LogP contribution in [0.5, 0.6) is 0 Å². The third kappa shape index (κ3) is 5.41. The van der Waals surface area contributed by atoms with E-state index in [4.69, 9.17) is 4.74 Å². The molecule has 2 saturated heterocycles. The molecule has 0 saturated carbocycles. The Balaban J connectivity index is 1.82. The number of carbonyl (C=O) groups is 2. The molecule has 2 rings (SSSR count). The van der Waals surface area contributed by atoms with E-state index in [1.807, 2.05) is 16.7 Å². The van der Waals surface area contributed by atoms with Gasteiger partial charge in [0.15, 0.2) is 0 Å². The van der Waals surface area contributed by atoms with Gasteiger partial charge < -0.3 is 14.5 Å². The maximum absolute atomic E-state index is 12.9. The van der Waals surface area contributed by atoms with Crippen LogP contribution in [0.15, 0.2) is 0 Å². The predicted octanol–water partition coefficient (Wildman–Crippen LogP) is 0.497. The summed E-state index contributed by atoms with van der Waals surface area (Å²) in [6.07, 6.45) is 0. The molecule has 0 aromatic heterocycles. The summed E-state index contributed by atoms with van der Waals surface area (Å²) < 4.78 is 5.33. The molecule has 2 heterocycles. The van der Waals surface area contributed by atoms with Gasteiger partial charge in [-0.25, -0.2) is 0 Å². The first kappa shape index (κ1) is 21.1. The van der Waals surface area contributed by atoms with E-state index < -0.39 is 0 Å². The Labute approximate surface area is 158 Å². The molecule has 150 valence electrons. The van der Waals surface area contributed by atoms with Crippen LogP contribution in [-0.4, -0.2) is 109 Å². The van der Waals surface area contributed by atoms with E-state index in [9.17, 15) is 9.59 Å². The van der Waals surface area contributed by atoms with Crippen molar-refractivity contribution in [2.24, 2.45) is 0 Å². The highest BCUT2D eigenvalue weighted by Crippen LogP contribution is 2.14. The number of nitrogens with zero attached hydrogens (tertiary/aromatic N) is 4.